The van der Waals surface area contributed by atoms with Gasteiger partial charge in [-0.3, -0.25) is 4.79 Å². The molecule has 0 aromatic carbocycles. The smallest absolute Gasteiger partial charge is 0.239 e. The van der Waals surface area contributed by atoms with Crippen LogP contribution in [0.3, 0.4) is 0 Å². The summed E-state index contributed by atoms with van der Waals surface area (Å²) in [5, 5.41) is 0. The Balaban J connectivity index is 2.49. The number of nitrogens with two attached hydrogens (primary N) is 1. The molecule has 1 aliphatic carbocycles. The molecule has 0 radical (unpaired) electrons. The molecule has 3 nitrogen and oxygen atoms in total. The van der Waals surface area contributed by atoms with Crippen molar-refractivity contribution in [3.63, 3.8) is 0 Å². The highest BCUT2D eigenvalue weighted by molar-refractivity contribution is 5.81. The first-order valence-corrected chi connectivity index (χ1v) is 6.12. The van der Waals surface area contributed by atoms with Gasteiger partial charge in [0.2, 0.25) is 5.91 Å². The van der Waals surface area contributed by atoms with Gasteiger partial charge in [-0.15, -0.1) is 0 Å². The summed E-state index contributed by atoms with van der Waals surface area (Å²) in [5.41, 5.74) is 5.87. The molecule has 3 heteroatoms. The Kier molecular flexibility index (Phi) is 4.58. The molecule has 15 heavy (non-hydrogen) atoms. The summed E-state index contributed by atoms with van der Waals surface area (Å²) in [6.07, 6.45) is 4.33. The molecule has 0 bridgehead atoms. The van der Waals surface area contributed by atoms with E-state index in [2.05, 4.69) is 20.8 Å². The third-order valence-electron chi connectivity index (χ3n) is 2.98. The zero-order valence-electron chi connectivity index (χ0n) is 10.2. The van der Waals surface area contributed by atoms with Gasteiger partial charge in [0.05, 0.1) is 6.04 Å². The Labute approximate surface area is 93.0 Å². The summed E-state index contributed by atoms with van der Waals surface area (Å²) in [6.45, 7) is 7.11. The first kappa shape index (κ1) is 12.5. The molecule has 1 aliphatic rings. The normalized spacial score (nSPS) is 17.9. The van der Waals surface area contributed by atoms with E-state index >= 15 is 0 Å². The van der Waals surface area contributed by atoms with Crippen LogP contribution in [0.15, 0.2) is 0 Å². The SMILES string of the molecule is CCC[C@@H](N)C(=O)N(CC1CC1)C(C)C. The van der Waals surface area contributed by atoms with Gasteiger partial charge in [0.1, 0.15) is 0 Å². The predicted molar refractivity (Wildman–Crippen MR) is 62.5 cm³/mol. The number of hydrogen-bond donors (Lipinski definition) is 1. The van der Waals surface area contributed by atoms with Crippen LogP contribution in [0.1, 0.15) is 46.5 Å². The Morgan fingerprint density at radius 3 is 2.47 bits per heavy atom. The average Bonchev–Trinajstić information content (AvgIpc) is 2.96. The van der Waals surface area contributed by atoms with Gasteiger partial charge < -0.3 is 10.6 Å². The minimum Gasteiger partial charge on any atom is -0.339 e. The van der Waals surface area contributed by atoms with Gasteiger partial charge in [-0.2, -0.15) is 0 Å². The standard InChI is InChI=1S/C12H24N2O/c1-4-5-11(13)12(15)14(9(2)3)8-10-6-7-10/h9-11H,4-8,13H2,1-3H3/t11-/m1/s1. The number of amides is 1. The number of hydrogen-bond acceptors (Lipinski definition) is 2. The van der Waals surface area contributed by atoms with Crippen molar-refractivity contribution in [2.75, 3.05) is 6.54 Å². The van der Waals surface area contributed by atoms with E-state index in [1.807, 2.05) is 4.90 Å². The maximum atomic E-state index is 12.0. The Morgan fingerprint density at radius 2 is 2.07 bits per heavy atom. The molecule has 1 atom stereocenters. The van der Waals surface area contributed by atoms with Crippen LogP contribution in [0.2, 0.25) is 0 Å². The van der Waals surface area contributed by atoms with E-state index in [1.54, 1.807) is 0 Å². The second-order valence-electron chi connectivity index (χ2n) is 4.92. The lowest BCUT2D eigenvalue weighted by Crippen LogP contribution is -2.47. The van der Waals surface area contributed by atoms with Crippen LogP contribution in [-0.4, -0.2) is 29.4 Å². The highest BCUT2D eigenvalue weighted by Crippen LogP contribution is 2.30. The van der Waals surface area contributed by atoms with Crippen molar-refractivity contribution < 1.29 is 4.79 Å². The summed E-state index contributed by atoms with van der Waals surface area (Å²) in [5.74, 6) is 0.879. The topological polar surface area (TPSA) is 46.3 Å². The van der Waals surface area contributed by atoms with Crippen LogP contribution in [0.25, 0.3) is 0 Å². The highest BCUT2D eigenvalue weighted by Gasteiger charge is 2.29. The summed E-state index contributed by atoms with van der Waals surface area (Å²) in [6, 6.07) is -0.0165. The van der Waals surface area contributed by atoms with Crippen molar-refractivity contribution in [1.82, 2.24) is 4.90 Å². The van der Waals surface area contributed by atoms with Gasteiger partial charge in [-0.05, 0) is 39.0 Å². The molecule has 0 aromatic rings. The van der Waals surface area contributed by atoms with Gasteiger partial charge in [0.25, 0.3) is 0 Å². The van der Waals surface area contributed by atoms with Gasteiger partial charge in [-0.1, -0.05) is 13.3 Å². The maximum Gasteiger partial charge on any atom is 0.239 e. The predicted octanol–water partition coefficient (Wildman–Crippen LogP) is 1.76. The van der Waals surface area contributed by atoms with Crippen molar-refractivity contribution in [1.29, 1.82) is 0 Å². The minimum atomic E-state index is -0.295. The Hall–Kier alpha value is -0.570. The van der Waals surface area contributed by atoms with Crippen LogP contribution in [0.5, 0.6) is 0 Å². The minimum absolute atomic E-state index is 0.138. The van der Waals surface area contributed by atoms with E-state index in [1.165, 1.54) is 12.8 Å². The largest absolute Gasteiger partial charge is 0.339 e. The summed E-state index contributed by atoms with van der Waals surface area (Å²) >= 11 is 0. The van der Waals surface area contributed by atoms with E-state index in [4.69, 9.17) is 5.73 Å². The first-order chi connectivity index (χ1) is 7.06. The van der Waals surface area contributed by atoms with Gasteiger partial charge in [0, 0.05) is 12.6 Å². The number of carbonyl (C=O) groups excluding carboxylic acids is 1. The maximum absolute atomic E-state index is 12.0. The lowest BCUT2D eigenvalue weighted by molar-refractivity contribution is -0.134. The van der Waals surface area contributed by atoms with Crippen LogP contribution in [-0.2, 0) is 4.79 Å². The molecule has 0 saturated heterocycles. The third kappa shape index (κ3) is 3.82. The Bertz CT molecular complexity index is 212. The molecule has 1 saturated carbocycles. The fourth-order valence-corrected chi connectivity index (χ4v) is 1.78. The van der Waals surface area contributed by atoms with Crippen molar-refractivity contribution >= 4 is 5.91 Å². The van der Waals surface area contributed by atoms with Crippen molar-refractivity contribution in [2.45, 2.75) is 58.5 Å². The van der Waals surface area contributed by atoms with E-state index in [-0.39, 0.29) is 18.0 Å². The van der Waals surface area contributed by atoms with Gasteiger partial charge in [0.15, 0.2) is 0 Å². The van der Waals surface area contributed by atoms with E-state index in [0.717, 1.165) is 25.3 Å². The molecule has 0 spiro atoms. The van der Waals surface area contributed by atoms with E-state index < -0.39 is 0 Å². The summed E-state index contributed by atoms with van der Waals surface area (Å²) in [4.78, 5) is 14.0. The molecule has 1 amide bonds. The van der Waals surface area contributed by atoms with E-state index in [0.29, 0.717) is 0 Å². The summed E-state index contributed by atoms with van der Waals surface area (Å²) in [7, 11) is 0. The fourth-order valence-electron chi connectivity index (χ4n) is 1.78. The first-order valence-electron chi connectivity index (χ1n) is 6.12. The van der Waals surface area contributed by atoms with Crippen LogP contribution >= 0.6 is 0 Å². The number of nitrogens with zero attached hydrogens (tertiary/aromatic N) is 1. The molecular formula is C12H24N2O. The molecule has 2 N–H and O–H groups in total. The average molecular weight is 212 g/mol. The molecule has 88 valence electrons. The third-order valence-corrected chi connectivity index (χ3v) is 2.98. The van der Waals surface area contributed by atoms with Crippen LogP contribution < -0.4 is 5.73 Å². The molecule has 0 aliphatic heterocycles. The number of rotatable bonds is 6. The Morgan fingerprint density at radius 1 is 1.47 bits per heavy atom. The fraction of sp³-hybridized carbons (Fsp3) is 0.917. The molecule has 1 rings (SSSR count). The highest BCUT2D eigenvalue weighted by atomic mass is 16.2. The van der Waals surface area contributed by atoms with Crippen molar-refractivity contribution in [3.8, 4) is 0 Å². The molecule has 0 aromatic heterocycles. The number of carbonyl (C=O) groups is 1. The zero-order chi connectivity index (χ0) is 11.4. The summed E-state index contributed by atoms with van der Waals surface area (Å²) < 4.78 is 0. The second kappa shape index (κ2) is 5.50. The van der Waals surface area contributed by atoms with Crippen LogP contribution in [0.4, 0.5) is 0 Å². The van der Waals surface area contributed by atoms with E-state index in [9.17, 15) is 4.79 Å². The monoisotopic (exact) mass is 212 g/mol. The lowest BCUT2D eigenvalue weighted by Gasteiger charge is -2.29. The van der Waals surface area contributed by atoms with Crippen molar-refractivity contribution in [2.24, 2.45) is 11.7 Å². The lowest BCUT2D eigenvalue weighted by atomic mass is 10.1. The molecule has 1 fully saturated rings. The van der Waals surface area contributed by atoms with Crippen LogP contribution in [0, 0.1) is 5.92 Å². The van der Waals surface area contributed by atoms with Gasteiger partial charge in [-0.25, -0.2) is 0 Å². The zero-order valence-corrected chi connectivity index (χ0v) is 10.2. The quantitative estimate of drug-likeness (QED) is 0.729. The van der Waals surface area contributed by atoms with Crippen molar-refractivity contribution in [3.05, 3.63) is 0 Å². The second-order valence-corrected chi connectivity index (χ2v) is 4.92. The molecular weight excluding hydrogens is 188 g/mol. The van der Waals surface area contributed by atoms with Gasteiger partial charge >= 0.3 is 0 Å². The molecule has 0 unspecified atom stereocenters. The molecule has 0 heterocycles.